The second-order valence-corrected chi connectivity index (χ2v) is 5.86. The molecule has 0 atom stereocenters. The van der Waals surface area contributed by atoms with Gasteiger partial charge in [0.2, 0.25) is 10.6 Å². The van der Waals surface area contributed by atoms with Crippen LogP contribution in [0.3, 0.4) is 0 Å². The topological polar surface area (TPSA) is 116 Å². The monoisotopic (exact) mass is 409 g/mol. The molecule has 0 aliphatic heterocycles. The first-order valence-corrected chi connectivity index (χ1v) is 8.13. The number of methoxy groups -OCH3 is 1. The fourth-order valence-corrected chi connectivity index (χ4v) is 2.58. The first kappa shape index (κ1) is 19.3. The van der Waals surface area contributed by atoms with Gasteiger partial charge >= 0.3 is 5.69 Å². The zero-order valence-corrected chi connectivity index (χ0v) is 15.1. The Balaban J connectivity index is 1.89. The maximum Gasteiger partial charge on any atom is 0.307 e. The van der Waals surface area contributed by atoms with Crippen LogP contribution in [0.4, 0.5) is 14.5 Å². The van der Waals surface area contributed by atoms with E-state index in [-0.39, 0.29) is 17.0 Å². The largest absolute Gasteiger partial charge is 0.496 e. The molecule has 146 valence electrons. The Morgan fingerprint density at radius 2 is 2.29 bits per heavy atom. The van der Waals surface area contributed by atoms with Gasteiger partial charge in [0.25, 0.3) is 6.43 Å². The highest BCUT2D eigenvalue weighted by Gasteiger charge is 2.16. The number of alkyl halides is 2. The Labute approximate surface area is 161 Å². The van der Waals surface area contributed by atoms with E-state index < -0.39 is 17.2 Å². The number of halogens is 2. The number of aromatic nitrogens is 5. The van der Waals surface area contributed by atoms with Gasteiger partial charge in [-0.25, -0.2) is 13.9 Å². The number of aromatic amines is 1. The Kier molecular flexibility index (Phi) is 5.54. The molecule has 2 heterocycles. The summed E-state index contributed by atoms with van der Waals surface area (Å²) in [5.41, 5.74) is 1.10. The van der Waals surface area contributed by atoms with Crippen LogP contribution in [0.1, 0.15) is 23.4 Å². The summed E-state index contributed by atoms with van der Waals surface area (Å²) in [6.45, 7) is 0.201. The van der Waals surface area contributed by atoms with Gasteiger partial charge in [-0.3, -0.25) is 14.8 Å². The number of nitrogens with zero attached hydrogens (tertiary/aromatic N) is 6. The van der Waals surface area contributed by atoms with Gasteiger partial charge in [0, 0.05) is 5.56 Å². The van der Waals surface area contributed by atoms with Gasteiger partial charge in [0.15, 0.2) is 0 Å². The molecule has 0 saturated carbocycles. The smallest absolute Gasteiger partial charge is 0.307 e. The molecule has 0 radical (unpaired) electrons. The number of benzene rings is 1. The third-order valence-corrected chi connectivity index (χ3v) is 3.92. The summed E-state index contributed by atoms with van der Waals surface area (Å²) < 4.78 is 33.3. The first-order chi connectivity index (χ1) is 13.4. The minimum atomic E-state index is -2.84. The molecule has 3 aromatic rings. The number of H-pyrrole nitrogens is 1. The lowest BCUT2D eigenvalue weighted by Gasteiger charge is -2.09. The van der Waals surface area contributed by atoms with Crippen LogP contribution in [0.15, 0.2) is 35.7 Å². The van der Waals surface area contributed by atoms with E-state index in [9.17, 15) is 18.9 Å². The van der Waals surface area contributed by atoms with E-state index in [0.29, 0.717) is 16.9 Å². The summed E-state index contributed by atoms with van der Waals surface area (Å²) in [5, 5.41) is 24.4. The minimum Gasteiger partial charge on any atom is -0.496 e. The van der Waals surface area contributed by atoms with Gasteiger partial charge in [0.05, 0.1) is 24.8 Å². The summed E-state index contributed by atoms with van der Waals surface area (Å²) in [4.78, 5) is 10.2. The lowest BCUT2D eigenvalue weighted by atomic mass is 10.1. The number of nitrogens with one attached hydrogen (secondary N) is 1. The molecule has 13 heteroatoms. The van der Waals surface area contributed by atoms with E-state index in [0.717, 1.165) is 10.9 Å². The highest BCUT2D eigenvalue weighted by atomic mass is 32.1. The molecule has 0 aliphatic carbocycles. The van der Waals surface area contributed by atoms with Crippen LogP contribution in [-0.4, -0.2) is 42.9 Å². The predicted octanol–water partition coefficient (Wildman–Crippen LogP) is 2.92. The van der Waals surface area contributed by atoms with Gasteiger partial charge in [-0.1, -0.05) is 0 Å². The molecule has 0 amide bonds. The normalized spacial score (nSPS) is 11.4. The summed E-state index contributed by atoms with van der Waals surface area (Å²) >= 11 is 4.89. The van der Waals surface area contributed by atoms with Crippen molar-refractivity contribution in [2.45, 2.75) is 13.0 Å². The van der Waals surface area contributed by atoms with Crippen molar-refractivity contribution in [1.82, 2.24) is 24.7 Å². The molecule has 3 rings (SSSR count). The van der Waals surface area contributed by atoms with Gasteiger partial charge in [-0.05, 0) is 36.0 Å². The molecule has 0 bridgehead atoms. The van der Waals surface area contributed by atoms with Crippen LogP contribution in [0.2, 0.25) is 0 Å². The standard InChI is InChI=1S/C15H13F2N7O3S/c1-27-12-3-2-9(5-19-23-14(13(16)17)20-21-15(23)28)4-10(12)7-22-8-11(6-18-22)24(25)26/h2-6,8,13H,7H2,1H3,(H,21,28)/b19-5+. The Morgan fingerprint density at radius 1 is 1.50 bits per heavy atom. The Hall–Kier alpha value is -3.48. The maximum absolute atomic E-state index is 12.9. The van der Waals surface area contributed by atoms with E-state index in [4.69, 9.17) is 17.0 Å². The molecule has 0 fully saturated rings. The molecule has 2 aromatic heterocycles. The van der Waals surface area contributed by atoms with Gasteiger partial charge in [0.1, 0.15) is 18.1 Å². The summed E-state index contributed by atoms with van der Waals surface area (Å²) in [6.07, 6.45) is 0.933. The molecule has 1 N–H and O–H groups in total. The first-order valence-electron chi connectivity index (χ1n) is 7.72. The van der Waals surface area contributed by atoms with Gasteiger partial charge < -0.3 is 4.74 Å². The molecule has 0 saturated heterocycles. The Bertz CT molecular complexity index is 1090. The average molecular weight is 409 g/mol. The Morgan fingerprint density at radius 3 is 2.93 bits per heavy atom. The summed E-state index contributed by atoms with van der Waals surface area (Å²) in [5.74, 6) is -0.0673. The van der Waals surface area contributed by atoms with Crippen LogP contribution >= 0.6 is 12.2 Å². The maximum atomic E-state index is 12.9. The zero-order valence-electron chi connectivity index (χ0n) is 14.3. The molecule has 10 nitrogen and oxygen atoms in total. The van der Waals surface area contributed by atoms with E-state index in [2.05, 4.69) is 20.4 Å². The van der Waals surface area contributed by atoms with E-state index in [1.807, 2.05) is 0 Å². The van der Waals surface area contributed by atoms with E-state index >= 15 is 0 Å². The molecular weight excluding hydrogens is 396 g/mol. The van der Waals surface area contributed by atoms with E-state index in [1.54, 1.807) is 18.2 Å². The third kappa shape index (κ3) is 4.09. The van der Waals surface area contributed by atoms with Crippen LogP contribution in [0.5, 0.6) is 5.75 Å². The molecule has 0 aliphatic rings. The number of nitro groups is 1. The van der Waals surface area contributed by atoms with Gasteiger partial charge in [-0.15, -0.1) is 0 Å². The van der Waals surface area contributed by atoms with Crippen molar-refractivity contribution in [3.8, 4) is 5.75 Å². The number of rotatable bonds is 7. The fourth-order valence-electron chi connectivity index (χ4n) is 2.39. The number of hydrogen-bond acceptors (Lipinski definition) is 7. The highest BCUT2D eigenvalue weighted by Crippen LogP contribution is 2.21. The number of ether oxygens (including phenoxy) is 1. The van der Waals surface area contributed by atoms with Crippen molar-refractivity contribution in [3.05, 3.63) is 62.4 Å². The predicted molar refractivity (Wildman–Crippen MR) is 96.3 cm³/mol. The van der Waals surface area contributed by atoms with E-state index in [1.165, 1.54) is 24.2 Å². The molecule has 0 unspecified atom stereocenters. The van der Waals surface area contributed by atoms with Crippen LogP contribution in [0.25, 0.3) is 0 Å². The SMILES string of the molecule is COc1ccc(/C=N/n2c(C(F)F)n[nH]c2=S)cc1Cn1cc([N+](=O)[O-])cn1. The van der Waals surface area contributed by atoms with Crippen LogP contribution in [-0.2, 0) is 6.54 Å². The summed E-state index contributed by atoms with van der Waals surface area (Å²) in [6, 6.07) is 5.03. The van der Waals surface area contributed by atoms with Gasteiger partial charge in [-0.2, -0.15) is 20.0 Å². The van der Waals surface area contributed by atoms with Crippen LogP contribution < -0.4 is 4.74 Å². The van der Waals surface area contributed by atoms with Crippen LogP contribution in [0, 0.1) is 14.9 Å². The quantitative estimate of drug-likeness (QED) is 0.278. The lowest BCUT2D eigenvalue weighted by molar-refractivity contribution is -0.385. The molecule has 28 heavy (non-hydrogen) atoms. The van der Waals surface area contributed by atoms with Crippen molar-refractivity contribution in [1.29, 1.82) is 0 Å². The lowest BCUT2D eigenvalue weighted by Crippen LogP contribution is -2.04. The second kappa shape index (κ2) is 8.04. The summed E-state index contributed by atoms with van der Waals surface area (Å²) in [7, 11) is 1.48. The van der Waals surface area contributed by atoms with Crippen molar-refractivity contribution in [3.63, 3.8) is 0 Å². The van der Waals surface area contributed by atoms with Crippen molar-refractivity contribution >= 4 is 24.1 Å². The zero-order chi connectivity index (χ0) is 20.3. The fraction of sp³-hybridized carbons (Fsp3) is 0.200. The van der Waals surface area contributed by atoms with Crippen molar-refractivity contribution in [2.24, 2.45) is 5.10 Å². The molecular formula is C15H13F2N7O3S. The third-order valence-electron chi connectivity index (χ3n) is 3.66. The number of hydrogen-bond donors (Lipinski definition) is 1. The second-order valence-electron chi connectivity index (χ2n) is 5.47. The minimum absolute atomic E-state index is 0.0656. The van der Waals surface area contributed by atoms with Crippen molar-refractivity contribution in [2.75, 3.05) is 7.11 Å². The molecule has 0 spiro atoms. The van der Waals surface area contributed by atoms with Crippen molar-refractivity contribution < 1.29 is 18.4 Å². The molecule has 1 aromatic carbocycles. The highest BCUT2D eigenvalue weighted by molar-refractivity contribution is 7.71. The average Bonchev–Trinajstić information content (AvgIpc) is 3.27.